The van der Waals surface area contributed by atoms with Crippen LogP contribution in [-0.4, -0.2) is 43.7 Å². The van der Waals surface area contributed by atoms with Gasteiger partial charge in [0.05, 0.1) is 29.7 Å². The quantitative estimate of drug-likeness (QED) is 0.836. The number of hydrogen-bond acceptors (Lipinski definition) is 5. The lowest BCUT2D eigenvalue weighted by atomic mass is 10.1. The lowest BCUT2D eigenvalue weighted by Crippen LogP contribution is -2.43. The van der Waals surface area contributed by atoms with E-state index in [0.717, 1.165) is 37.6 Å². The highest BCUT2D eigenvalue weighted by molar-refractivity contribution is 5.89. The van der Waals surface area contributed by atoms with Crippen molar-refractivity contribution in [1.29, 1.82) is 0 Å². The molecule has 1 aromatic heterocycles. The van der Waals surface area contributed by atoms with Crippen molar-refractivity contribution in [3.63, 3.8) is 0 Å². The van der Waals surface area contributed by atoms with E-state index in [4.69, 9.17) is 4.74 Å². The van der Waals surface area contributed by atoms with Gasteiger partial charge in [0.1, 0.15) is 5.82 Å². The van der Waals surface area contributed by atoms with Gasteiger partial charge in [-0.3, -0.25) is 4.98 Å². The number of halogens is 1. The number of ether oxygens (including phenoxy) is 1. The smallest absolute Gasteiger partial charge is 0.338 e. The van der Waals surface area contributed by atoms with Crippen LogP contribution in [0.5, 0.6) is 0 Å². The Labute approximate surface area is 152 Å². The molecule has 6 heteroatoms. The molecule has 0 amide bonds. The van der Waals surface area contributed by atoms with Gasteiger partial charge in [-0.1, -0.05) is 6.07 Å². The molecule has 1 N–H and O–H groups in total. The molecule has 0 radical (unpaired) electrons. The normalized spacial score (nSPS) is 14.6. The third-order valence-electron chi connectivity index (χ3n) is 4.20. The van der Waals surface area contributed by atoms with Crippen molar-refractivity contribution in [2.24, 2.45) is 0 Å². The zero-order chi connectivity index (χ0) is 18.4. The summed E-state index contributed by atoms with van der Waals surface area (Å²) in [4.78, 5) is 18.3. The summed E-state index contributed by atoms with van der Waals surface area (Å²) in [6.45, 7) is 5.86. The number of benzene rings is 1. The summed E-state index contributed by atoms with van der Waals surface area (Å²) < 4.78 is 19.0. The number of nitrogens with zero attached hydrogens (tertiary/aromatic N) is 2. The van der Waals surface area contributed by atoms with Gasteiger partial charge < -0.3 is 15.0 Å². The summed E-state index contributed by atoms with van der Waals surface area (Å²) in [6.07, 6.45) is 5.24. The highest BCUT2D eigenvalue weighted by atomic mass is 19.1. The summed E-state index contributed by atoms with van der Waals surface area (Å²) in [7, 11) is 0. The van der Waals surface area contributed by atoms with Gasteiger partial charge in [-0.2, -0.15) is 0 Å². The zero-order valence-electron chi connectivity index (χ0n) is 14.7. The molecule has 1 aliphatic heterocycles. The molecule has 0 unspecified atom stereocenters. The molecular weight excluding hydrogens is 333 g/mol. The molecule has 0 saturated carbocycles. The third-order valence-corrected chi connectivity index (χ3v) is 4.20. The number of pyridine rings is 1. The second kappa shape index (κ2) is 8.58. The average Bonchev–Trinajstić information content (AvgIpc) is 2.68. The number of aromatic nitrogens is 1. The van der Waals surface area contributed by atoms with Crippen molar-refractivity contribution >= 4 is 23.8 Å². The number of anilines is 1. The largest absolute Gasteiger partial charge is 0.462 e. The van der Waals surface area contributed by atoms with Crippen LogP contribution in [0.3, 0.4) is 0 Å². The Morgan fingerprint density at radius 1 is 1.27 bits per heavy atom. The molecule has 1 saturated heterocycles. The number of rotatable bonds is 5. The highest BCUT2D eigenvalue weighted by Crippen LogP contribution is 2.17. The first-order chi connectivity index (χ1) is 12.7. The predicted molar refractivity (Wildman–Crippen MR) is 101 cm³/mol. The minimum absolute atomic E-state index is 0.208. The van der Waals surface area contributed by atoms with E-state index >= 15 is 0 Å². The Kier molecular flexibility index (Phi) is 5.96. The number of carbonyl (C=O) groups excluding carboxylic acids is 1. The fourth-order valence-corrected chi connectivity index (χ4v) is 2.79. The van der Waals surface area contributed by atoms with Gasteiger partial charge in [-0.15, -0.1) is 0 Å². The number of hydrogen-bond donors (Lipinski definition) is 1. The van der Waals surface area contributed by atoms with Gasteiger partial charge in [0.2, 0.25) is 0 Å². The van der Waals surface area contributed by atoms with E-state index in [1.54, 1.807) is 31.2 Å². The number of esters is 1. The van der Waals surface area contributed by atoms with E-state index in [1.165, 1.54) is 6.07 Å². The minimum Gasteiger partial charge on any atom is -0.462 e. The molecule has 2 heterocycles. The molecule has 0 bridgehead atoms. The molecule has 3 rings (SSSR count). The minimum atomic E-state index is -0.521. The molecular formula is C20H22FN3O2. The van der Waals surface area contributed by atoms with Crippen molar-refractivity contribution in [3.05, 3.63) is 59.2 Å². The van der Waals surface area contributed by atoms with Crippen LogP contribution in [0.1, 0.15) is 28.5 Å². The number of nitrogens with one attached hydrogen (secondary N) is 1. The van der Waals surface area contributed by atoms with Crippen LogP contribution in [-0.2, 0) is 4.74 Å². The maximum Gasteiger partial charge on any atom is 0.338 e. The highest BCUT2D eigenvalue weighted by Gasteiger charge is 2.11. The van der Waals surface area contributed by atoms with Crippen molar-refractivity contribution in [2.45, 2.75) is 6.92 Å². The molecule has 0 aliphatic carbocycles. The topological polar surface area (TPSA) is 54.5 Å². The average molecular weight is 355 g/mol. The first-order valence-electron chi connectivity index (χ1n) is 8.74. The monoisotopic (exact) mass is 355 g/mol. The predicted octanol–water partition coefficient (Wildman–Crippen LogP) is 2.98. The number of carbonyl (C=O) groups is 1. The Morgan fingerprint density at radius 3 is 2.73 bits per heavy atom. The van der Waals surface area contributed by atoms with Crippen LogP contribution in [0, 0.1) is 5.82 Å². The Hall–Kier alpha value is -2.73. The molecule has 0 atom stereocenters. The maximum absolute atomic E-state index is 14.2. The van der Waals surface area contributed by atoms with Gasteiger partial charge in [-0.05, 0) is 43.3 Å². The summed E-state index contributed by atoms with van der Waals surface area (Å²) in [5.41, 5.74) is 2.44. The maximum atomic E-state index is 14.2. The van der Waals surface area contributed by atoms with E-state index < -0.39 is 11.8 Å². The Bertz CT molecular complexity index is 784. The van der Waals surface area contributed by atoms with E-state index in [0.29, 0.717) is 5.56 Å². The Balaban J connectivity index is 1.68. The SMILES string of the molecule is CCOC(=O)c1ccc(C=Cc2ccc(N3CCNCC3)cn2)c(F)c1. The van der Waals surface area contributed by atoms with E-state index in [1.807, 2.05) is 18.3 Å². The summed E-state index contributed by atoms with van der Waals surface area (Å²) in [5.74, 6) is -0.990. The second-order valence-electron chi connectivity index (χ2n) is 5.97. The molecule has 0 spiro atoms. The van der Waals surface area contributed by atoms with Crippen LogP contribution in [0.15, 0.2) is 36.5 Å². The number of piperazine rings is 1. The van der Waals surface area contributed by atoms with Gasteiger partial charge in [0, 0.05) is 31.7 Å². The van der Waals surface area contributed by atoms with E-state index in [2.05, 4.69) is 15.2 Å². The summed E-state index contributed by atoms with van der Waals surface area (Å²) in [5, 5.41) is 3.32. The van der Waals surface area contributed by atoms with Crippen molar-refractivity contribution in [1.82, 2.24) is 10.3 Å². The fourth-order valence-electron chi connectivity index (χ4n) is 2.79. The van der Waals surface area contributed by atoms with Crippen molar-refractivity contribution in [3.8, 4) is 0 Å². The molecule has 1 aliphatic rings. The lowest BCUT2D eigenvalue weighted by molar-refractivity contribution is 0.0526. The molecule has 1 aromatic carbocycles. The molecule has 1 fully saturated rings. The Morgan fingerprint density at radius 2 is 2.08 bits per heavy atom. The first kappa shape index (κ1) is 18.1. The van der Waals surface area contributed by atoms with Crippen LogP contribution in [0.25, 0.3) is 12.2 Å². The van der Waals surface area contributed by atoms with Crippen molar-refractivity contribution in [2.75, 3.05) is 37.7 Å². The first-order valence-corrected chi connectivity index (χ1v) is 8.74. The van der Waals surface area contributed by atoms with Crippen LogP contribution in [0.4, 0.5) is 10.1 Å². The van der Waals surface area contributed by atoms with E-state index in [-0.39, 0.29) is 12.2 Å². The van der Waals surface area contributed by atoms with Gasteiger partial charge >= 0.3 is 5.97 Å². The summed E-state index contributed by atoms with van der Waals surface area (Å²) >= 11 is 0. The zero-order valence-corrected chi connectivity index (χ0v) is 14.7. The second-order valence-corrected chi connectivity index (χ2v) is 5.97. The lowest BCUT2D eigenvalue weighted by Gasteiger charge is -2.29. The molecule has 136 valence electrons. The molecule has 5 nitrogen and oxygen atoms in total. The van der Waals surface area contributed by atoms with E-state index in [9.17, 15) is 9.18 Å². The standard InChI is InChI=1S/C20H22FN3O2/c1-2-26-20(25)16-4-3-15(19(21)13-16)5-6-17-7-8-18(14-23-17)24-11-9-22-10-12-24/h3-8,13-14,22H,2,9-12H2,1H3. The fraction of sp³-hybridized carbons (Fsp3) is 0.300. The molecule has 2 aromatic rings. The third kappa shape index (κ3) is 4.46. The van der Waals surface area contributed by atoms with Crippen LogP contribution in [0.2, 0.25) is 0 Å². The van der Waals surface area contributed by atoms with Gasteiger partial charge in [-0.25, -0.2) is 9.18 Å². The summed E-state index contributed by atoms with van der Waals surface area (Å²) in [6, 6.07) is 8.25. The van der Waals surface area contributed by atoms with Gasteiger partial charge in [0.25, 0.3) is 0 Å². The van der Waals surface area contributed by atoms with Crippen molar-refractivity contribution < 1.29 is 13.9 Å². The van der Waals surface area contributed by atoms with Crippen LogP contribution < -0.4 is 10.2 Å². The van der Waals surface area contributed by atoms with Crippen LogP contribution >= 0.6 is 0 Å². The van der Waals surface area contributed by atoms with Gasteiger partial charge in [0.15, 0.2) is 0 Å². The molecule has 26 heavy (non-hydrogen) atoms.